The minimum atomic E-state index is -0.918. The lowest BCUT2D eigenvalue weighted by Gasteiger charge is -2.33. The van der Waals surface area contributed by atoms with Gasteiger partial charge >= 0.3 is 6.09 Å². The molecule has 0 radical (unpaired) electrons. The highest BCUT2D eigenvalue weighted by Crippen LogP contribution is 2.28. The van der Waals surface area contributed by atoms with Crippen LogP contribution in [0.15, 0.2) is 42.6 Å². The van der Waals surface area contributed by atoms with Crippen LogP contribution in [0.4, 0.5) is 10.5 Å². The molecule has 25 heavy (non-hydrogen) atoms. The van der Waals surface area contributed by atoms with Crippen LogP contribution in [0, 0.1) is 0 Å². The van der Waals surface area contributed by atoms with Gasteiger partial charge in [-0.25, -0.2) is 4.79 Å². The highest BCUT2D eigenvalue weighted by Gasteiger charge is 2.25. The standard InChI is InChI=1S/C19H25N3O3/c1-19(2,3)22(18(23)24)11-6-12-25-17-8-5-4-7-15(17)16-10-9-14(20)13-21-16/h4-5,7-10,13H,6,11-12,20H2,1-3H3,(H,23,24). The summed E-state index contributed by atoms with van der Waals surface area (Å²) in [5.41, 5.74) is 7.53. The van der Waals surface area contributed by atoms with Gasteiger partial charge in [-0.3, -0.25) is 4.98 Å². The lowest BCUT2D eigenvalue weighted by molar-refractivity contribution is 0.0962. The number of ether oxygens (including phenoxy) is 1. The first-order valence-corrected chi connectivity index (χ1v) is 8.23. The van der Waals surface area contributed by atoms with Gasteiger partial charge in [-0.2, -0.15) is 0 Å². The summed E-state index contributed by atoms with van der Waals surface area (Å²) in [5, 5.41) is 9.31. The Balaban J connectivity index is 2.00. The van der Waals surface area contributed by atoms with E-state index in [-0.39, 0.29) is 0 Å². The van der Waals surface area contributed by atoms with Crippen LogP contribution in [0.2, 0.25) is 0 Å². The summed E-state index contributed by atoms with van der Waals surface area (Å²) in [4.78, 5) is 17.1. The molecule has 0 aliphatic carbocycles. The number of nitrogen functional groups attached to an aromatic ring is 1. The molecule has 0 fully saturated rings. The number of carboxylic acid groups (broad SMARTS) is 1. The lowest BCUT2D eigenvalue weighted by Crippen LogP contribution is -2.45. The van der Waals surface area contributed by atoms with Crippen LogP contribution < -0.4 is 10.5 Å². The molecule has 0 unspecified atom stereocenters. The zero-order chi connectivity index (χ0) is 18.4. The molecule has 1 amide bonds. The quantitative estimate of drug-likeness (QED) is 0.777. The first kappa shape index (κ1) is 18.6. The van der Waals surface area contributed by atoms with E-state index in [9.17, 15) is 9.90 Å². The molecule has 0 saturated heterocycles. The van der Waals surface area contributed by atoms with Crippen LogP contribution in [0.1, 0.15) is 27.2 Å². The van der Waals surface area contributed by atoms with Gasteiger partial charge in [0.1, 0.15) is 5.75 Å². The number of hydrogen-bond donors (Lipinski definition) is 2. The fraction of sp³-hybridized carbons (Fsp3) is 0.368. The molecule has 134 valence electrons. The van der Waals surface area contributed by atoms with Crippen LogP contribution in [0.25, 0.3) is 11.3 Å². The van der Waals surface area contributed by atoms with Crippen molar-refractivity contribution in [2.75, 3.05) is 18.9 Å². The zero-order valence-electron chi connectivity index (χ0n) is 14.9. The first-order valence-electron chi connectivity index (χ1n) is 8.23. The summed E-state index contributed by atoms with van der Waals surface area (Å²) in [7, 11) is 0. The molecule has 0 bridgehead atoms. The summed E-state index contributed by atoms with van der Waals surface area (Å²) in [6.07, 6.45) is 1.30. The van der Waals surface area contributed by atoms with Gasteiger partial charge in [0, 0.05) is 17.6 Å². The average Bonchev–Trinajstić information content (AvgIpc) is 2.54. The second kappa shape index (κ2) is 7.88. The number of amides is 1. The molecule has 0 saturated carbocycles. The van der Waals surface area contributed by atoms with Crippen molar-refractivity contribution in [1.82, 2.24) is 9.88 Å². The van der Waals surface area contributed by atoms with Crippen molar-refractivity contribution in [2.24, 2.45) is 0 Å². The van der Waals surface area contributed by atoms with Gasteiger partial charge in [0.05, 0.1) is 24.2 Å². The maximum absolute atomic E-state index is 11.3. The Morgan fingerprint density at radius 2 is 1.96 bits per heavy atom. The average molecular weight is 343 g/mol. The van der Waals surface area contributed by atoms with E-state index in [1.165, 1.54) is 4.90 Å². The Morgan fingerprint density at radius 1 is 1.24 bits per heavy atom. The maximum Gasteiger partial charge on any atom is 0.407 e. The smallest absolute Gasteiger partial charge is 0.407 e. The fourth-order valence-electron chi connectivity index (χ4n) is 2.49. The van der Waals surface area contributed by atoms with E-state index in [2.05, 4.69) is 4.98 Å². The lowest BCUT2D eigenvalue weighted by atomic mass is 10.1. The Bertz CT molecular complexity index is 709. The number of pyridine rings is 1. The second-order valence-electron chi connectivity index (χ2n) is 6.78. The van der Waals surface area contributed by atoms with Gasteiger partial charge in [0.15, 0.2) is 0 Å². The number of nitrogens with zero attached hydrogens (tertiary/aromatic N) is 2. The monoisotopic (exact) mass is 343 g/mol. The van der Waals surface area contributed by atoms with Crippen LogP contribution in [0.3, 0.4) is 0 Å². The van der Waals surface area contributed by atoms with Crippen molar-refractivity contribution in [3.8, 4) is 17.0 Å². The number of carbonyl (C=O) groups is 1. The number of nitrogens with two attached hydrogens (primary N) is 1. The molecule has 3 N–H and O–H groups in total. The van der Waals surface area contributed by atoms with Gasteiger partial charge in [-0.15, -0.1) is 0 Å². The predicted molar refractivity (Wildman–Crippen MR) is 98.7 cm³/mol. The van der Waals surface area contributed by atoms with E-state index in [4.69, 9.17) is 10.5 Å². The minimum absolute atomic E-state index is 0.418. The molecule has 6 nitrogen and oxygen atoms in total. The second-order valence-corrected chi connectivity index (χ2v) is 6.78. The Labute approximate surface area is 148 Å². The summed E-state index contributed by atoms with van der Waals surface area (Å²) < 4.78 is 5.87. The number of rotatable bonds is 6. The number of benzene rings is 1. The molecule has 1 aromatic carbocycles. The van der Waals surface area contributed by atoms with E-state index in [0.717, 1.165) is 17.0 Å². The maximum atomic E-state index is 11.3. The predicted octanol–water partition coefficient (Wildman–Crippen LogP) is 3.88. The fourth-order valence-corrected chi connectivity index (χ4v) is 2.49. The van der Waals surface area contributed by atoms with Crippen molar-refractivity contribution < 1.29 is 14.6 Å². The van der Waals surface area contributed by atoms with Gasteiger partial charge in [0.2, 0.25) is 0 Å². The largest absolute Gasteiger partial charge is 0.493 e. The molecular weight excluding hydrogens is 318 g/mol. The topological polar surface area (TPSA) is 88.7 Å². The highest BCUT2D eigenvalue weighted by atomic mass is 16.5. The Morgan fingerprint density at radius 3 is 2.56 bits per heavy atom. The molecule has 0 atom stereocenters. The molecule has 0 spiro atoms. The summed E-state index contributed by atoms with van der Waals surface area (Å²) in [6.45, 7) is 6.48. The van der Waals surface area contributed by atoms with Crippen LogP contribution >= 0.6 is 0 Å². The van der Waals surface area contributed by atoms with E-state index in [0.29, 0.717) is 25.3 Å². The number of para-hydroxylation sites is 1. The molecule has 0 aliphatic rings. The van der Waals surface area contributed by atoms with Gasteiger partial charge < -0.3 is 20.5 Å². The van der Waals surface area contributed by atoms with E-state index < -0.39 is 11.6 Å². The zero-order valence-corrected chi connectivity index (χ0v) is 14.9. The van der Waals surface area contributed by atoms with Crippen LogP contribution in [-0.4, -0.2) is 39.8 Å². The van der Waals surface area contributed by atoms with Crippen molar-refractivity contribution >= 4 is 11.8 Å². The van der Waals surface area contributed by atoms with Gasteiger partial charge in [-0.05, 0) is 51.5 Å². The van der Waals surface area contributed by atoms with Crippen molar-refractivity contribution in [1.29, 1.82) is 0 Å². The van der Waals surface area contributed by atoms with Crippen molar-refractivity contribution in [3.05, 3.63) is 42.6 Å². The molecule has 2 aromatic rings. The molecule has 2 rings (SSSR count). The molecule has 1 aromatic heterocycles. The third-order valence-corrected chi connectivity index (χ3v) is 3.77. The van der Waals surface area contributed by atoms with Crippen LogP contribution in [0.5, 0.6) is 5.75 Å². The SMILES string of the molecule is CC(C)(C)N(CCCOc1ccccc1-c1ccc(N)cn1)C(=O)O. The third-order valence-electron chi connectivity index (χ3n) is 3.77. The summed E-state index contributed by atoms with van der Waals surface area (Å²) in [6, 6.07) is 11.3. The third kappa shape index (κ3) is 5.11. The minimum Gasteiger partial charge on any atom is -0.493 e. The molecule has 0 aliphatic heterocycles. The van der Waals surface area contributed by atoms with Gasteiger partial charge in [-0.1, -0.05) is 12.1 Å². The van der Waals surface area contributed by atoms with E-state index in [1.54, 1.807) is 12.3 Å². The van der Waals surface area contributed by atoms with E-state index in [1.807, 2.05) is 51.1 Å². The Hall–Kier alpha value is -2.76. The summed E-state index contributed by atoms with van der Waals surface area (Å²) >= 11 is 0. The Kier molecular flexibility index (Phi) is 5.85. The molecular formula is C19H25N3O3. The normalized spacial score (nSPS) is 11.2. The van der Waals surface area contributed by atoms with Gasteiger partial charge in [0.25, 0.3) is 0 Å². The van der Waals surface area contributed by atoms with E-state index >= 15 is 0 Å². The first-order chi connectivity index (χ1) is 11.8. The number of anilines is 1. The number of hydrogen-bond acceptors (Lipinski definition) is 4. The summed E-state index contributed by atoms with van der Waals surface area (Å²) in [5.74, 6) is 0.720. The number of aromatic nitrogens is 1. The molecule has 1 heterocycles. The molecule has 6 heteroatoms. The highest BCUT2D eigenvalue weighted by molar-refractivity contribution is 5.68. The van der Waals surface area contributed by atoms with Crippen LogP contribution in [-0.2, 0) is 0 Å². The van der Waals surface area contributed by atoms with Crippen molar-refractivity contribution in [2.45, 2.75) is 32.7 Å². The van der Waals surface area contributed by atoms with Crippen molar-refractivity contribution in [3.63, 3.8) is 0 Å².